The van der Waals surface area contributed by atoms with Gasteiger partial charge < -0.3 is 0 Å². The molecule has 1 rings (SSSR count). The zero-order chi connectivity index (χ0) is 9.41. The van der Waals surface area contributed by atoms with Crippen LogP contribution in [0.15, 0.2) is 12.2 Å². The number of hydrogen-bond donors (Lipinski definition) is 0. The van der Waals surface area contributed by atoms with Crippen molar-refractivity contribution in [3.05, 3.63) is 12.2 Å². The fourth-order valence-electron chi connectivity index (χ4n) is 1.03. The minimum Gasteiger partial charge on any atom is -0.101 e. The Kier molecular flexibility index (Phi) is 2.47. The Labute approximate surface area is 83.9 Å². The van der Waals surface area contributed by atoms with Gasteiger partial charge in [-0.05, 0) is 18.9 Å². The molecule has 0 N–H and O–H groups in total. The zero-order valence-corrected chi connectivity index (χ0v) is 8.89. The summed E-state index contributed by atoms with van der Waals surface area (Å²) in [5, 5.41) is 0. The van der Waals surface area contributed by atoms with Gasteiger partial charge in [0.05, 0.1) is 0 Å². The fourth-order valence-corrected chi connectivity index (χ4v) is 1.75. The summed E-state index contributed by atoms with van der Waals surface area (Å²) in [6, 6.07) is 0. The minimum absolute atomic E-state index is 0.00143. The third-order valence-corrected chi connectivity index (χ3v) is 3.33. The van der Waals surface area contributed by atoms with Crippen LogP contribution in [-0.4, -0.2) is 4.33 Å². The molecule has 1 atom stereocenters. The molecule has 0 heterocycles. The Bertz CT molecular complexity index is 267. The molecule has 0 saturated heterocycles. The second-order valence-electron chi connectivity index (χ2n) is 3.70. The van der Waals surface area contributed by atoms with Gasteiger partial charge in [0.1, 0.15) is 4.33 Å². The van der Waals surface area contributed by atoms with Gasteiger partial charge in [-0.1, -0.05) is 25.3 Å². The Morgan fingerprint density at radius 1 is 1.58 bits per heavy atom. The van der Waals surface area contributed by atoms with Crippen LogP contribution in [0.25, 0.3) is 0 Å². The monoisotopic (exact) mass is 202 g/mol. The summed E-state index contributed by atoms with van der Waals surface area (Å²) < 4.78 is -0.545. The first-order valence-corrected chi connectivity index (χ1v) is 4.65. The minimum atomic E-state index is -0.545. The molecule has 66 valence electrons. The second kappa shape index (κ2) is 2.98. The lowest BCUT2D eigenvalue weighted by Crippen LogP contribution is -2.02. The van der Waals surface area contributed by atoms with E-state index in [1.807, 2.05) is 6.92 Å². The number of allylic oxidation sites excluding steroid dienone is 1. The van der Waals surface area contributed by atoms with Crippen molar-refractivity contribution >= 4 is 23.2 Å². The highest BCUT2D eigenvalue weighted by Crippen LogP contribution is 2.65. The van der Waals surface area contributed by atoms with Crippen molar-refractivity contribution in [3.8, 4) is 11.8 Å². The molecule has 0 aromatic carbocycles. The molecule has 1 aliphatic rings. The van der Waals surface area contributed by atoms with E-state index in [1.54, 1.807) is 0 Å². The molecule has 1 saturated carbocycles. The standard InChI is InChI=1S/C10H12Cl2/c1-8(2)5-4-6-9(3)7-10(9,11)12/h1,6-7H2,2-3H3/t9-/m0/s1. The van der Waals surface area contributed by atoms with Gasteiger partial charge in [0, 0.05) is 11.8 Å². The second-order valence-corrected chi connectivity index (χ2v) is 5.18. The predicted molar refractivity (Wildman–Crippen MR) is 54.4 cm³/mol. The van der Waals surface area contributed by atoms with Crippen LogP contribution in [0.3, 0.4) is 0 Å². The molecule has 0 amide bonds. The summed E-state index contributed by atoms with van der Waals surface area (Å²) in [6.45, 7) is 7.63. The Balaban J connectivity index is 2.47. The topological polar surface area (TPSA) is 0 Å². The molecule has 0 radical (unpaired) electrons. The molecule has 1 aliphatic carbocycles. The quantitative estimate of drug-likeness (QED) is 0.451. The summed E-state index contributed by atoms with van der Waals surface area (Å²) >= 11 is 11.9. The lowest BCUT2D eigenvalue weighted by molar-refractivity contribution is 0.585. The molecule has 0 nitrogen and oxygen atoms in total. The molecule has 0 spiro atoms. The Morgan fingerprint density at radius 3 is 2.42 bits per heavy atom. The van der Waals surface area contributed by atoms with Crippen molar-refractivity contribution < 1.29 is 0 Å². The first kappa shape index (κ1) is 9.96. The first-order valence-electron chi connectivity index (χ1n) is 3.90. The average molecular weight is 203 g/mol. The van der Waals surface area contributed by atoms with E-state index in [-0.39, 0.29) is 5.41 Å². The summed E-state index contributed by atoms with van der Waals surface area (Å²) in [5.41, 5.74) is 0.882. The van der Waals surface area contributed by atoms with E-state index in [0.717, 1.165) is 18.4 Å². The number of halogens is 2. The van der Waals surface area contributed by atoms with E-state index in [9.17, 15) is 0 Å². The Morgan fingerprint density at radius 2 is 2.08 bits per heavy atom. The van der Waals surface area contributed by atoms with Gasteiger partial charge in [0.2, 0.25) is 0 Å². The van der Waals surface area contributed by atoms with Crippen LogP contribution < -0.4 is 0 Å². The van der Waals surface area contributed by atoms with Gasteiger partial charge >= 0.3 is 0 Å². The van der Waals surface area contributed by atoms with Crippen LogP contribution in [-0.2, 0) is 0 Å². The van der Waals surface area contributed by atoms with Gasteiger partial charge in [0.25, 0.3) is 0 Å². The van der Waals surface area contributed by atoms with Crippen LogP contribution in [0.1, 0.15) is 26.7 Å². The van der Waals surface area contributed by atoms with Crippen LogP contribution in [0.2, 0.25) is 0 Å². The lowest BCUT2D eigenvalue weighted by Gasteiger charge is -2.05. The summed E-state index contributed by atoms with van der Waals surface area (Å²) in [7, 11) is 0. The van der Waals surface area contributed by atoms with Gasteiger partial charge in [-0.2, -0.15) is 0 Å². The maximum absolute atomic E-state index is 5.94. The van der Waals surface area contributed by atoms with Crippen LogP contribution in [0, 0.1) is 17.3 Å². The Hall–Kier alpha value is -0.120. The van der Waals surface area contributed by atoms with E-state index in [2.05, 4.69) is 25.3 Å². The van der Waals surface area contributed by atoms with Gasteiger partial charge in [0.15, 0.2) is 0 Å². The van der Waals surface area contributed by atoms with Crippen molar-refractivity contribution in [3.63, 3.8) is 0 Å². The van der Waals surface area contributed by atoms with E-state index < -0.39 is 4.33 Å². The number of alkyl halides is 2. The maximum Gasteiger partial charge on any atom is 0.125 e. The van der Waals surface area contributed by atoms with Gasteiger partial charge in [-0.15, -0.1) is 23.2 Å². The molecule has 0 aliphatic heterocycles. The van der Waals surface area contributed by atoms with Crippen molar-refractivity contribution in [1.82, 2.24) is 0 Å². The van der Waals surface area contributed by atoms with Crippen LogP contribution in [0.5, 0.6) is 0 Å². The third kappa shape index (κ3) is 1.97. The first-order chi connectivity index (χ1) is 5.37. The van der Waals surface area contributed by atoms with Crippen molar-refractivity contribution in [2.75, 3.05) is 0 Å². The highest BCUT2D eigenvalue weighted by Gasteiger charge is 2.62. The van der Waals surface area contributed by atoms with E-state index in [0.29, 0.717) is 0 Å². The molecule has 0 aromatic rings. The van der Waals surface area contributed by atoms with E-state index in [1.165, 1.54) is 0 Å². The summed E-state index contributed by atoms with van der Waals surface area (Å²) in [4.78, 5) is 0. The fraction of sp³-hybridized carbons (Fsp3) is 0.600. The molecular weight excluding hydrogens is 191 g/mol. The molecule has 1 fully saturated rings. The summed E-state index contributed by atoms with van der Waals surface area (Å²) in [6.07, 6.45) is 1.60. The number of rotatable bonds is 1. The SMILES string of the molecule is C=C(C)C#CC[C@@]1(C)CC1(Cl)Cl. The van der Waals surface area contributed by atoms with Crippen LogP contribution >= 0.6 is 23.2 Å². The normalized spacial score (nSPS) is 30.3. The highest BCUT2D eigenvalue weighted by atomic mass is 35.5. The third-order valence-electron chi connectivity index (χ3n) is 2.15. The van der Waals surface area contributed by atoms with E-state index in [4.69, 9.17) is 23.2 Å². The van der Waals surface area contributed by atoms with Crippen molar-refractivity contribution in [1.29, 1.82) is 0 Å². The largest absolute Gasteiger partial charge is 0.125 e. The van der Waals surface area contributed by atoms with E-state index >= 15 is 0 Å². The molecule has 0 aromatic heterocycles. The molecular formula is C10H12Cl2. The number of hydrogen-bond acceptors (Lipinski definition) is 0. The van der Waals surface area contributed by atoms with Crippen molar-refractivity contribution in [2.24, 2.45) is 5.41 Å². The summed E-state index contributed by atoms with van der Waals surface area (Å²) in [5.74, 6) is 5.94. The molecule has 0 bridgehead atoms. The van der Waals surface area contributed by atoms with Gasteiger partial charge in [-0.25, -0.2) is 0 Å². The predicted octanol–water partition coefficient (Wildman–Crippen LogP) is 3.54. The molecule has 12 heavy (non-hydrogen) atoms. The lowest BCUT2D eigenvalue weighted by atomic mass is 10.1. The molecule has 0 unspecified atom stereocenters. The smallest absolute Gasteiger partial charge is 0.101 e. The highest BCUT2D eigenvalue weighted by molar-refractivity contribution is 6.51. The zero-order valence-electron chi connectivity index (χ0n) is 7.38. The van der Waals surface area contributed by atoms with Crippen LogP contribution in [0.4, 0.5) is 0 Å². The van der Waals surface area contributed by atoms with Gasteiger partial charge in [-0.3, -0.25) is 0 Å². The molecule has 2 heteroatoms. The van der Waals surface area contributed by atoms with Crippen molar-refractivity contribution in [2.45, 2.75) is 31.0 Å². The maximum atomic E-state index is 5.94. The average Bonchev–Trinajstić information content (AvgIpc) is 2.30.